The van der Waals surface area contributed by atoms with E-state index in [2.05, 4.69) is 25.7 Å². The third-order valence-corrected chi connectivity index (χ3v) is 3.00. The van der Waals surface area contributed by atoms with E-state index in [-0.39, 0.29) is 22.3 Å². The van der Waals surface area contributed by atoms with Crippen molar-refractivity contribution in [1.82, 2.24) is 4.98 Å². The fourth-order valence-corrected chi connectivity index (χ4v) is 1.82. The van der Waals surface area contributed by atoms with Crippen molar-refractivity contribution >= 4 is 21.9 Å². The van der Waals surface area contributed by atoms with Crippen LogP contribution < -0.4 is 4.74 Å². The lowest BCUT2D eigenvalue weighted by Crippen LogP contribution is -2.08. The second-order valence-corrected chi connectivity index (χ2v) is 3.87. The van der Waals surface area contributed by atoms with Gasteiger partial charge in [-0.1, -0.05) is 0 Å². The summed E-state index contributed by atoms with van der Waals surface area (Å²) in [7, 11) is 2.47. The minimum absolute atomic E-state index is 0.116. The molecule has 0 N–H and O–H groups in total. The third-order valence-electron chi connectivity index (χ3n) is 2.06. The molecule has 0 saturated carbocycles. The summed E-state index contributed by atoms with van der Waals surface area (Å²) in [5.74, 6) is -0.696. The highest BCUT2D eigenvalue weighted by atomic mass is 79.9. The largest absolute Gasteiger partial charge is 0.481 e. The highest BCUT2D eigenvalue weighted by Crippen LogP contribution is 2.36. The SMILES string of the molecule is COC(=O)Cc1cnc(OC)c(C(F)F)c1Br. The number of alkyl halides is 2. The van der Waals surface area contributed by atoms with Crippen LogP contribution in [0.5, 0.6) is 5.88 Å². The Labute approximate surface area is 105 Å². The number of pyridine rings is 1. The molecule has 0 fully saturated rings. The fourth-order valence-electron chi connectivity index (χ4n) is 1.23. The molecule has 0 aromatic carbocycles. The van der Waals surface area contributed by atoms with Gasteiger partial charge in [0.05, 0.1) is 26.2 Å². The molecule has 0 unspecified atom stereocenters. The number of carbonyl (C=O) groups excluding carboxylic acids is 1. The van der Waals surface area contributed by atoms with Crippen molar-refractivity contribution in [2.45, 2.75) is 12.8 Å². The van der Waals surface area contributed by atoms with Gasteiger partial charge in [0.2, 0.25) is 5.88 Å². The second-order valence-electron chi connectivity index (χ2n) is 3.07. The maximum Gasteiger partial charge on any atom is 0.310 e. The van der Waals surface area contributed by atoms with Crippen LogP contribution in [0.4, 0.5) is 8.78 Å². The Kier molecular flexibility index (Phi) is 4.80. The van der Waals surface area contributed by atoms with E-state index in [1.807, 2.05) is 0 Å². The number of rotatable bonds is 4. The lowest BCUT2D eigenvalue weighted by Gasteiger charge is -2.11. The summed E-state index contributed by atoms with van der Waals surface area (Å²) < 4.78 is 34.9. The number of aromatic nitrogens is 1. The quantitative estimate of drug-likeness (QED) is 0.802. The first kappa shape index (κ1) is 13.8. The van der Waals surface area contributed by atoms with Crippen LogP contribution in [0.15, 0.2) is 10.7 Å². The van der Waals surface area contributed by atoms with Gasteiger partial charge in [-0.2, -0.15) is 0 Å². The topological polar surface area (TPSA) is 48.4 Å². The van der Waals surface area contributed by atoms with Gasteiger partial charge < -0.3 is 9.47 Å². The molecule has 0 aliphatic carbocycles. The van der Waals surface area contributed by atoms with E-state index in [0.717, 1.165) is 0 Å². The number of carbonyl (C=O) groups is 1. The summed E-state index contributed by atoms with van der Waals surface area (Å²) in [6.45, 7) is 0. The summed E-state index contributed by atoms with van der Waals surface area (Å²) in [4.78, 5) is 14.8. The zero-order chi connectivity index (χ0) is 13.0. The van der Waals surface area contributed by atoms with E-state index in [1.165, 1.54) is 20.4 Å². The summed E-state index contributed by atoms with van der Waals surface area (Å²) in [6.07, 6.45) is -1.58. The predicted molar refractivity (Wildman–Crippen MR) is 59.2 cm³/mol. The molecule has 1 heterocycles. The lowest BCUT2D eigenvalue weighted by atomic mass is 10.1. The summed E-state index contributed by atoms with van der Waals surface area (Å²) in [5, 5.41) is 0. The van der Waals surface area contributed by atoms with Crippen LogP contribution in [0.2, 0.25) is 0 Å². The normalized spacial score (nSPS) is 10.5. The molecular formula is C10H10BrF2NO3. The van der Waals surface area contributed by atoms with Crippen LogP contribution in [-0.4, -0.2) is 25.2 Å². The number of hydrogen-bond donors (Lipinski definition) is 0. The zero-order valence-electron chi connectivity index (χ0n) is 9.17. The fraction of sp³-hybridized carbons (Fsp3) is 0.400. The van der Waals surface area contributed by atoms with Gasteiger partial charge in [0.25, 0.3) is 6.43 Å². The maximum atomic E-state index is 12.8. The summed E-state index contributed by atoms with van der Waals surface area (Å²) in [5.41, 5.74) is -0.0400. The lowest BCUT2D eigenvalue weighted by molar-refractivity contribution is -0.139. The number of esters is 1. The smallest absolute Gasteiger partial charge is 0.310 e. The van der Waals surface area contributed by atoms with Crippen LogP contribution in [0.25, 0.3) is 0 Å². The first-order chi connectivity index (χ1) is 8.01. The molecule has 7 heteroatoms. The predicted octanol–water partition coefficient (Wildman–Crippen LogP) is 2.51. The van der Waals surface area contributed by atoms with E-state index < -0.39 is 12.4 Å². The molecule has 1 rings (SSSR count). The van der Waals surface area contributed by atoms with Crippen molar-refractivity contribution in [3.8, 4) is 5.88 Å². The van der Waals surface area contributed by atoms with Gasteiger partial charge in [0.15, 0.2) is 0 Å². The molecule has 0 bridgehead atoms. The Balaban J connectivity index is 3.18. The van der Waals surface area contributed by atoms with Crippen molar-refractivity contribution in [2.75, 3.05) is 14.2 Å². The highest BCUT2D eigenvalue weighted by Gasteiger charge is 2.22. The molecule has 4 nitrogen and oxygen atoms in total. The van der Waals surface area contributed by atoms with Gasteiger partial charge in [-0.15, -0.1) is 0 Å². The standard InChI is InChI=1S/C10H10BrF2NO3/c1-16-6(15)3-5-4-14-10(17-2)7(8(5)11)9(12)13/h4,9H,3H2,1-2H3. The van der Waals surface area contributed by atoms with E-state index in [4.69, 9.17) is 4.74 Å². The molecule has 17 heavy (non-hydrogen) atoms. The van der Waals surface area contributed by atoms with Gasteiger partial charge in [-0.25, -0.2) is 13.8 Å². The van der Waals surface area contributed by atoms with E-state index in [9.17, 15) is 13.6 Å². The number of methoxy groups -OCH3 is 2. The van der Waals surface area contributed by atoms with E-state index in [0.29, 0.717) is 5.56 Å². The highest BCUT2D eigenvalue weighted by molar-refractivity contribution is 9.10. The average molecular weight is 310 g/mol. The first-order valence-corrected chi connectivity index (χ1v) is 5.36. The van der Waals surface area contributed by atoms with Crippen molar-refractivity contribution in [1.29, 1.82) is 0 Å². The second kappa shape index (κ2) is 5.90. The first-order valence-electron chi connectivity index (χ1n) is 4.57. The molecule has 0 saturated heterocycles. The van der Waals surface area contributed by atoms with Crippen LogP contribution in [-0.2, 0) is 16.0 Å². The minimum Gasteiger partial charge on any atom is -0.481 e. The Morgan fingerprint density at radius 2 is 2.18 bits per heavy atom. The average Bonchev–Trinajstić information content (AvgIpc) is 2.30. The molecule has 0 aliphatic heterocycles. The van der Waals surface area contributed by atoms with E-state index in [1.54, 1.807) is 0 Å². The number of ether oxygens (including phenoxy) is 2. The van der Waals surface area contributed by atoms with Crippen molar-refractivity contribution < 1.29 is 23.0 Å². The Morgan fingerprint density at radius 1 is 1.53 bits per heavy atom. The molecule has 0 radical (unpaired) electrons. The van der Waals surface area contributed by atoms with Gasteiger partial charge in [-0.3, -0.25) is 4.79 Å². The Hall–Kier alpha value is -1.24. The van der Waals surface area contributed by atoms with Gasteiger partial charge in [0.1, 0.15) is 0 Å². The molecule has 94 valence electrons. The number of halogens is 3. The van der Waals surface area contributed by atoms with E-state index >= 15 is 0 Å². The van der Waals surface area contributed by atoms with Crippen LogP contribution >= 0.6 is 15.9 Å². The third kappa shape index (κ3) is 3.12. The van der Waals surface area contributed by atoms with Gasteiger partial charge in [-0.05, 0) is 21.5 Å². The Morgan fingerprint density at radius 3 is 2.65 bits per heavy atom. The van der Waals surface area contributed by atoms with Crippen molar-refractivity contribution in [2.24, 2.45) is 0 Å². The summed E-state index contributed by atoms with van der Waals surface area (Å²) >= 11 is 3.02. The molecule has 0 spiro atoms. The van der Waals surface area contributed by atoms with Crippen LogP contribution in [0.3, 0.4) is 0 Å². The van der Waals surface area contributed by atoms with Gasteiger partial charge in [0, 0.05) is 10.7 Å². The number of hydrogen-bond acceptors (Lipinski definition) is 4. The van der Waals surface area contributed by atoms with Gasteiger partial charge >= 0.3 is 5.97 Å². The minimum atomic E-state index is -2.75. The van der Waals surface area contributed by atoms with Crippen molar-refractivity contribution in [3.05, 3.63) is 21.8 Å². The molecule has 0 atom stereocenters. The van der Waals surface area contributed by atoms with Crippen LogP contribution in [0.1, 0.15) is 17.6 Å². The maximum absolute atomic E-state index is 12.8. The molecular weight excluding hydrogens is 300 g/mol. The molecule has 0 aliphatic rings. The van der Waals surface area contributed by atoms with Crippen LogP contribution in [0, 0.1) is 0 Å². The van der Waals surface area contributed by atoms with Crippen molar-refractivity contribution in [3.63, 3.8) is 0 Å². The molecule has 1 aromatic heterocycles. The monoisotopic (exact) mass is 309 g/mol. The Bertz CT molecular complexity index is 426. The summed E-state index contributed by atoms with van der Waals surface area (Å²) in [6, 6.07) is 0. The molecule has 1 aromatic rings. The zero-order valence-corrected chi connectivity index (χ0v) is 10.8. The molecule has 0 amide bonds. The number of nitrogens with zero attached hydrogens (tertiary/aromatic N) is 1.